The summed E-state index contributed by atoms with van der Waals surface area (Å²) in [6.45, 7) is 2.36. The van der Waals surface area contributed by atoms with E-state index >= 15 is 0 Å². The van der Waals surface area contributed by atoms with E-state index in [1.165, 1.54) is 23.1 Å². The van der Waals surface area contributed by atoms with Gasteiger partial charge in [0.15, 0.2) is 5.82 Å². The molecule has 1 saturated heterocycles. The third-order valence-corrected chi connectivity index (χ3v) is 7.97. The van der Waals surface area contributed by atoms with E-state index in [4.69, 9.17) is 15.5 Å². The molecule has 1 amide bonds. The Hall–Kier alpha value is -2.84. The van der Waals surface area contributed by atoms with Crippen LogP contribution in [-0.2, 0) is 13.6 Å². The Balaban J connectivity index is 1.46. The number of benzene rings is 1. The van der Waals surface area contributed by atoms with Gasteiger partial charge in [0.2, 0.25) is 0 Å². The summed E-state index contributed by atoms with van der Waals surface area (Å²) in [5.41, 5.74) is 9.53. The number of ether oxygens (including phenoxy) is 1. The maximum absolute atomic E-state index is 13.3. The fourth-order valence-corrected chi connectivity index (χ4v) is 6.00. The molecule has 7 nitrogen and oxygen atoms in total. The number of aryl methyl sites for hydroxylation is 1. The third kappa shape index (κ3) is 3.52. The van der Waals surface area contributed by atoms with Crippen molar-refractivity contribution in [3.05, 3.63) is 35.2 Å². The molecule has 33 heavy (non-hydrogen) atoms. The fourth-order valence-electron chi connectivity index (χ4n) is 5.10. The van der Waals surface area contributed by atoms with Crippen molar-refractivity contribution in [1.29, 1.82) is 0 Å². The first-order valence-electron chi connectivity index (χ1n) is 11.7. The van der Waals surface area contributed by atoms with Gasteiger partial charge in [-0.15, -0.1) is 11.3 Å². The van der Waals surface area contributed by atoms with Gasteiger partial charge in [-0.05, 0) is 61.2 Å². The number of nitrogens with zero attached hydrogens (tertiary/aromatic N) is 4. The largest absolute Gasteiger partial charge is 0.494 e. The molecule has 2 N–H and O–H groups in total. The molecule has 1 atom stereocenters. The molecule has 1 aliphatic heterocycles. The first-order valence-corrected chi connectivity index (χ1v) is 12.6. The summed E-state index contributed by atoms with van der Waals surface area (Å²) in [4.78, 5) is 21.4. The van der Waals surface area contributed by atoms with Crippen LogP contribution in [0, 0.1) is 5.92 Å². The number of carbonyl (C=O) groups excluding carboxylic acids is 1. The normalized spacial score (nSPS) is 19.0. The van der Waals surface area contributed by atoms with Crippen LogP contribution < -0.4 is 10.5 Å². The van der Waals surface area contributed by atoms with Gasteiger partial charge in [-0.3, -0.25) is 4.79 Å². The van der Waals surface area contributed by atoms with Crippen LogP contribution in [0.3, 0.4) is 0 Å². The summed E-state index contributed by atoms with van der Waals surface area (Å²) in [5, 5.41) is 3.41. The smallest absolute Gasteiger partial charge is 0.254 e. The zero-order valence-electron chi connectivity index (χ0n) is 19.1. The number of piperidine rings is 1. The maximum Gasteiger partial charge on any atom is 0.254 e. The van der Waals surface area contributed by atoms with Gasteiger partial charge in [-0.25, -0.2) is 4.98 Å². The summed E-state index contributed by atoms with van der Waals surface area (Å²) in [6, 6.07) is 8.21. The van der Waals surface area contributed by atoms with Crippen molar-refractivity contribution >= 4 is 38.5 Å². The Morgan fingerprint density at radius 2 is 2.12 bits per heavy atom. The van der Waals surface area contributed by atoms with Crippen LogP contribution in [0.5, 0.6) is 5.75 Å². The minimum Gasteiger partial charge on any atom is -0.494 e. The van der Waals surface area contributed by atoms with Crippen molar-refractivity contribution in [3.8, 4) is 17.3 Å². The zero-order valence-corrected chi connectivity index (χ0v) is 19.9. The maximum atomic E-state index is 13.3. The van der Waals surface area contributed by atoms with Crippen molar-refractivity contribution in [1.82, 2.24) is 19.0 Å². The zero-order chi connectivity index (χ0) is 22.7. The Labute approximate surface area is 196 Å². The molecule has 1 aromatic carbocycles. The molecule has 1 aliphatic carbocycles. The van der Waals surface area contributed by atoms with Gasteiger partial charge in [0.05, 0.1) is 18.3 Å². The molecule has 1 saturated carbocycles. The molecule has 0 radical (unpaired) electrons. The lowest BCUT2D eigenvalue weighted by Crippen LogP contribution is -2.45. The highest BCUT2D eigenvalue weighted by Crippen LogP contribution is 2.39. The summed E-state index contributed by atoms with van der Waals surface area (Å²) in [5.74, 6) is 2.32. The molecule has 8 heteroatoms. The van der Waals surface area contributed by atoms with E-state index in [1.54, 1.807) is 18.4 Å². The van der Waals surface area contributed by atoms with Crippen LogP contribution >= 0.6 is 11.3 Å². The van der Waals surface area contributed by atoms with Gasteiger partial charge in [0.25, 0.3) is 5.91 Å². The SMILES string of the molecule is COc1cc(C(=O)N2CCC[C@H](N)C2)cc2nc(-c3cc4ccsc4n3CC3CC3)n(C)c12. The number of methoxy groups -OCH3 is 1. The third-order valence-electron chi connectivity index (χ3n) is 7.02. The summed E-state index contributed by atoms with van der Waals surface area (Å²) < 4.78 is 10.3. The molecule has 4 aromatic rings. The van der Waals surface area contributed by atoms with Crippen LogP contribution in [0.4, 0.5) is 0 Å². The molecule has 6 rings (SSSR count). The molecule has 4 heterocycles. The first-order chi connectivity index (χ1) is 16.0. The number of hydrogen-bond donors (Lipinski definition) is 1. The molecular weight excluding hydrogens is 434 g/mol. The second kappa shape index (κ2) is 7.88. The van der Waals surface area contributed by atoms with Crippen LogP contribution in [0.2, 0.25) is 0 Å². The molecule has 2 fully saturated rings. The Bertz CT molecular complexity index is 1360. The number of aromatic nitrogens is 3. The second-order valence-corrected chi connectivity index (χ2v) is 10.4. The van der Waals surface area contributed by atoms with Gasteiger partial charge in [0.1, 0.15) is 16.1 Å². The Kier molecular flexibility index (Phi) is 4.96. The molecule has 0 bridgehead atoms. The van der Waals surface area contributed by atoms with E-state index in [2.05, 4.69) is 26.6 Å². The first kappa shape index (κ1) is 20.7. The van der Waals surface area contributed by atoms with Crippen LogP contribution in [0.15, 0.2) is 29.6 Å². The number of carbonyl (C=O) groups is 1. The highest BCUT2D eigenvalue weighted by atomic mass is 32.1. The lowest BCUT2D eigenvalue weighted by molar-refractivity contribution is 0.0708. The van der Waals surface area contributed by atoms with Gasteiger partial charge < -0.3 is 24.5 Å². The molecule has 172 valence electrons. The average Bonchev–Trinajstić information content (AvgIpc) is 3.26. The number of likely N-dealkylation sites (tertiary alicyclic amines) is 1. The number of nitrogens with two attached hydrogens (primary N) is 1. The number of imidazole rings is 1. The predicted octanol–water partition coefficient (Wildman–Crippen LogP) is 4.24. The Morgan fingerprint density at radius 1 is 1.27 bits per heavy atom. The minimum atomic E-state index is -0.00447. The number of thiophene rings is 1. The highest BCUT2D eigenvalue weighted by Gasteiger charge is 2.28. The molecule has 0 spiro atoms. The van der Waals surface area contributed by atoms with Crippen molar-refractivity contribution < 1.29 is 9.53 Å². The van der Waals surface area contributed by atoms with Crippen molar-refractivity contribution in [2.45, 2.75) is 38.3 Å². The number of hydrogen-bond acceptors (Lipinski definition) is 5. The molecule has 3 aromatic heterocycles. The van der Waals surface area contributed by atoms with E-state index < -0.39 is 0 Å². The number of amides is 1. The van der Waals surface area contributed by atoms with Gasteiger partial charge >= 0.3 is 0 Å². The van der Waals surface area contributed by atoms with Crippen LogP contribution in [0.1, 0.15) is 36.0 Å². The number of rotatable bonds is 5. The fraction of sp³-hybridized carbons (Fsp3) is 0.440. The lowest BCUT2D eigenvalue weighted by atomic mass is 10.0. The summed E-state index contributed by atoms with van der Waals surface area (Å²) in [7, 11) is 3.68. The van der Waals surface area contributed by atoms with Crippen molar-refractivity contribution in [3.63, 3.8) is 0 Å². The van der Waals surface area contributed by atoms with Crippen molar-refractivity contribution in [2.24, 2.45) is 18.7 Å². The highest BCUT2D eigenvalue weighted by molar-refractivity contribution is 7.16. The quantitative estimate of drug-likeness (QED) is 0.480. The van der Waals surface area contributed by atoms with Gasteiger partial charge in [-0.2, -0.15) is 0 Å². The van der Waals surface area contributed by atoms with E-state index in [-0.39, 0.29) is 11.9 Å². The lowest BCUT2D eigenvalue weighted by Gasteiger charge is -2.30. The van der Waals surface area contributed by atoms with E-state index in [1.807, 2.05) is 24.1 Å². The molecule has 2 aliphatic rings. The standard InChI is InChI=1S/C25H29N5O2S/c1-28-22-19(10-17(12-21(22)32-2)24(31)29-8-3-4-18(26)14-29)27-23(28)20-11-16-7-9-33-25(16)30(20)13-15-5-6-15/h7,9-12,15,18H,3-6,8,13-14,26H2,1-2H3/t18-/m0/s1. The summed E-state index contributed by atoms with van der Waals surface area (Å²) in [6.07, 6.45) is 4.50. The monoisotopic (exact) mass is 463 g/mol. The number of fused-ring (bicyclic) bond motifs is 2. The minimum absolute atomic E-state index is 0.00447. The Morgan fingerprint density at radius 3 is 2.88 bits per heavy atom. The summed E-state index contributed by atoms with van der Waals surface area (Å²) >= 11 is 1.78. The van der Waals surface area contributed by atoms with Gasteiger partial charge in [-0.1, -0.05) is 0 Å². The van der Waals surface area contributed by atoms with E-state index in [9.17, 15) is 4.79 Å². The predicted molar refractivity (Wildman–Crippen MR) is 132 cm³/mol. The molecular formula is C25H29N5O2S. The van der Waals surface area contributed by atoms with E-state index in [0.717, 1.165) is 54.4 Å². The second-order valence-electron chi connectivity index (χ2n) is 9.46. The van der Waals surface area contributed by atoms with Crippen molar-refractivity contribution in [2.75, 3.05) is 20.2 Å². The average molecular weight is 464 g/mol. The van der Waals surface area contributed by atoms with E-state index in [0.29, 0.717) is 17.9 Å². The van der Waals surface area contributed by atoms with Gasteiger partial charge in [0, 0.05) is 43.7 Å². The topological polar surface area (TPSA) is 78.3 Å². The molecule has 0 unspecified atom stereocenters. The van der Waals surface area contributed by atoms with Crippen LogP contribution in [-0.4, -0.2) is 51.2 Å². The van der Waals surface area contributed by atoms with Crippen LogP contribution in [0.25, 0.3) is 32.8 Å².